The molecule has 0 aliphatic rings. The number of ether oxygens (including phenoxy) is 1. The highest BCUT2D eigenvalue weighted by Crippen LogP contribution is 2.28. The van der Waals surface area contributed by atoms with Gasteiger partial charge in [0.1, 0.15) is 11.4 Å². The quantitative estimate of drug-likeness (QED) is 0.423. The van der Waals surface area contributed by atoms with Crippen LogP contribution in [0.5, 0.6) is 5.75 Å². The zero-order valence-electron chi connectivity index (χ0n) is 15.3. The van der Waals surface area contributed by atoms with Crippen molar-refractivity contribution in [2.24, 2.45) is 0 Å². The highest BCUT2D eigenvalue weighted by Gasteiger charge is 2.19. The molecule has 0 spiro atoms. The average molecular weight is 426 g/mol. The maximum absolute atomic E-state index is 13.1. The Bertz CT molecular complexity index is 1150. The molecule has 0 unspecified atom stereocenters. The van der Waals surface area contributed by atoms with E-state index in [0.717, 1.165) is 17.0 Å². The average Bonchev–Trinajstić information content (AvgIpc) is 3.15. The summed E-state index contributed by atoms with van der Waals surface area (Å²) in [5, 5.41) is 0.866. The van der Waals surface area contributed by atoms with Crippen LogP contribution in [0.3, 0.4) is 0 Å². The van der Waals surface area contributed by atoms with Crippen molar-refractivity contribution in [1.82, 2.24) is 9.38 Å². The monoisotopic (exact) mass is 425 g/mol. The van der Waals surface area contributed by atoms with E-state index in [4.69, 9.17) is 27.9 Å². The first-order chi connectivity index (χ1) is 14.1. The maximum Gasteiger partial charge on any atom is 0.265 e. The number of para-hydroxylation sites is 1. The van der Waals surface area contributed by atoms with E-state index in [9.17, 15) is 4.79 Å². The van der Waals surface area contributed by atoms with Gasteiger partial charge in [-0.25, -0.2) is 4.98 Å². The summed E-state index contributed by atoms with van der Waals surface area (Å²) in [5.74, 6) is 0.209. The Morgan fingerprint density at radius 3 is 2.62 bits per heavy atom. The molecule has 2 heterocycles. The summed E-state index contributed by atoms with van der Waals surface area (Å²) in [4.78, 5) is 19.1. The predicted octanol–water partition coefficient (Wildman–Crippen LogP) is 5.25. The van der Waals surface area contributed by atoms with Gasteiger partial charge in [0.2, 0.25) is 0 Å². The van der Waals surface area contributed by atoms with Gasteiger partial charge < -0.3 is 14.0 Å². The summed E-state index contributed by atoms with van der Waals surface area (Å²) < 4.78 is 7.62. The first-order valence-corrected chi connectivity index (χ1v) is 9.71. The molecule has 0 saturated carbocycles. The van der Waals surface area contributed by atoms with Crippen LogP contribution in [0.2, 0.25) is 10.0 Å². The topological polar surface area (TPSA) is 46.8 Å². The van der Waals surface area contributed by atoms with Crippen LogP contribution in [-0.2, 0) is 11.3 Å². The van der Waals surface area contributed by atoms with Gasteiger partial charge in [0.25, 0.3) is 5.91 Å². The molecular formula is C22H17Cl2N3O2. The number of rotatable bonds is 6. The molecule has 0 fully saturated rings. The Hall–Kier alpha value is -3.02. The number of hydrogen-bond acceptors (Lipinski definition) is 3. The van der Waals surface area contributed by atoms with Crippen molar-refractivity contribution in [2.75, 3.05) is 11.5 Å². The second-order valence-electron chi connectivity index (χ2n) is 6.36. The van der Waals surface area contributed by atoms with Crippen molar-refractivity contribution in [3.05, 3.63) is 94.9 Å². The maximum atomic E-state index is 13.1. The van der Waals surface area contributed by atoms with E-state index in [-0.39, 0.29) is 12.5 Å². The van der Waals surface area contributed by atoms with E-state index in [1.165, 1.54) is 0 Å². The third-order valence-corrected chi connectivity index (χ3v) is 4.96. The highest BCUT2D eigenvalue weighted by molar-refractivity contribution is 6.35. The van der Waals surface area contributed by atoms with Gasteiger partial charge in [-0.05, 0) is 42.5 Å². The SMILES string of the molecule is O=C(COc1ccc(Cl)cc1Cl)N(Cc1cnc2ccccn12)c1ccccc1. The molecule has 0 bridgehead atoms. The molecule has 29 heavy (non-hydrogen) atoms. The van der Waals surface area contributed by atoms with E-state index in [0.29, 0.717) is 22.3 Å². The predicted molar refractivity (Wildman–Crippen MR) is 115 cm³/mol. The zero-order valence-corrected chi connectivity index (χ0v) is 16.8. The van der Waals surface area contributed by atoms with E-state index in [1.807, 2.05) is 59.1 Å². The molecule has 0 aliphatic heterocycles. The lowest BCUT2D eigenvalue weighted by Gasteiger charge is -2.23. The normalized spacial score (nSPS) is 10.8. The van der Waals surface area contributed by atoms with Gasteiger partial charge in [0.15, 0.2) is 6.61 Å². The van der Waals surface area contributed by atoms with Crippen LogP contribution >= 0.6 is 23.2 Å². The smallest absolute Gasteiger partial charge is 0.265 e. The summed E-state index contributed by atoms with van der Waals surface area (Å²) in [7, 11) is 0. The molecule has 4 rings (SSSR count). The number of halogens is 2. The summed E-state index contributed by atoms with van der Waals surface area (Å²) in [6.45, 7) is 0.193. The minimum Gasteiger partial charge on any atom is -0.482 e. The van der Waals surface area contributed by atoms with Crippen molar-refractivity contribution in [3.63, 3.8) is 0 Å². The molecule has 146 valence electrons. The first kappa shape index (κ1) is 19.3. The second kappa shape index (κ2) is 8.55. The first-order valence-electron chi connectivity index (χ1n) is 8.96. The molecule has 2 aromatic heterocycles. The van der Waals surface area contributed by atoms with Crippen LogP contribution < -0.4 is 9.64 Å². The third kappa shape index (κ3) is 4.36. The van der Waals surface area contributed by atoms with Crippen LogP contribution in [0.25, 0.3) is 5.65 Å². The lowest BCUT2D eigenvalue weighted by molar-refractivity contribution is -0.120. The number of anilines is 1. The highest BCUT2D eigenvalue weighted by atomic mass is 35.5. The van der Waals surface area contributed by atoms with Crippen LogP contribution in [0.15, 0.2) is 79.1 Å². The van der Waals surface area contributed by atoms with Gasteiger partial charge in [0, 0.05) is 16.9 Å². The number of carbonyl (C=O) groups excluding carboxylic acids is 1. The van der Waals surface area contributed by atoms with Crippen molar-refractivity contribution in [1.29, 1.82) is 0 Å². The Kier molecular flexibility index (Phi) is 5.69. The molecule has 0 radical (unpaired) electrons. The van der Waals surface area contributed by atoms with Crippen LogP contribution in [0, 0.1) is 0 Å². The van der Waals surface area contributed by atoms with E-state index in [2.05, 4.69) is 4.98 Å². The van der Waals surface area contributed by atoms with Gasteiger partial charge in [-0.15, -0.1) is 0 Å². The Morgan fingerprint density at radius 1 is 1.03 bits per heavy atom. The fraction of sp³-hybridized carbons (Fsp3) is 0.0909. The lowest BCUT2D eigenvalue weighted by Crippen LogP contribution is -2.35. The second-order valence-corrected chi connectivity index (χ2v) is 7.20. The van der Waals surface area contributed by atoms with Crippen molar-refractivity contribution in [3.8, 4) is 5.75 Å². The van der Waals surface area contributed by atoms with E-state index >= 15 is 0 Å². The summed E-state index contributed by atoms with van der Waals surface area (Å²) >= 11 is 12.1. The molecule has 2 aromatic carbocycles. The van der Waals surface area contributed by atoms with Gasteiger partial charge in [-0.3, -0.25) is 4.79 Å². The molecule has 0 saturated heterocycles. The number of benzene rings is 2. The molecule has 0 atom stereocenters. The molecule has 4 aromatic rings. The summed E-state index contributed by atoms with van der Waals surface area (Å²) in [6.07, 6.45) is 3.70. The number of fused-ring (bicyclic) bond motifs is 1. The minimum atomic E-state index is -0.201. The van der Waals surface area contributed by atoms with Crippen molar-refractivity contribution < 1.29 is 9.53 Å². The molecular weight excluding hydrogens is 409 g/mol. The van der Waals surface area contributed by atoms with Gasteiger partial charge >= 0.3 is 0 Å². The number of pyridine rings is 1. The van der Waals surface area contributed by atoms with Gasteiger partial charge in [0.05, 0.1) is 23.5 Å². The van der Waals surface area contributed by atoms with E-state index in [1.54, 1.807) is 29.3 Å². The number of imidazole rings is 1. The Balaban J connectivity index is 1.58. The Labute approximate surface area is 178 Å². The fourth-order valence-electron chi connectivity index (χ4n) is 3.01. The number of aromatic nitrogens is 2. The summed E-state index contributed by atoms with van der Waals surface area (Å²) in [6, 6.07) is 20.1. The van der Waals surface area contributed by atoms with Crippen molar-refractivity contribution in [2.45, 2.75) is 6.54 Å². The zero-order chi connectivity index (χ0) is 20.2. The van der Waals surface area contributed by atoms with Crippen LogP contribution in [0.4, 0.5) is 5.69 Å². The minimum absolute atomic E-state index is 0.160. The lowest BCUT2D eigenvalue weighted by atomic mass is 10.2. The number of nitrogens with zero attached hydrogens (tertiary/aromatic N) is 3. The van der Waals surface area contributed by atoms with Crippen molar-refractivity contribution >= 4 is 40.4 Å². The number of carbonyl (C=O) groups is 1. The van der Waals surface area contributed by atoms with Crippen LogP contribution in [-0.4, -0.2) is 21.9 Å². The third-order valence-electron chi connectivity index (χ3n) is 4.43. The number of amides is 1. The molecule has 5 nitrogen and oxygen atoms in total. The van der Waals surface area contributed by atoms with Gasteiger partial charge in [-0.1, -0.05) is 47.5 Å². The van der Waals surface area contributed by atoms with Crippen LogP contribution in [0.1, 0.15) is 5.69 Å². The summed E-state index contributed by atoms with van der Waals surface area (Å²) in [5.41, 5.74) is 2.49. The van der Waals surface area contributed by atoms with E-state index < -0.39 is 0 Å². The Morgan fingerprint density at radius 2 is 1.83 bits per heavy atom. The van der Waals surface area contributed by atoms with Gasteiger partial charge in [-0.2, -0.15) is 0 Å². The molecule has 1 amide bonds. The standard InChI is InChI=1S/C22H17Cl2N3O2/c23-16-9-10-20(19(24)12-16)29-15-22(28)27(17-6-2-1-3-7-17)14-18-13-25-21-8-4-5-11-26(18)21/h1-13H,14-15H2. The molecule has 0 aliphatic carbocycles. The fourth-order valence-corrected chi connectivity index (χ4v) is 3.47. The molecule has 0 N–H and O–H groups in total. The number of hydrogen-bond donors (Lipinski definition) is 0. The largest absolute Gasteiger partial charge is 0.482 e. The molecule has 7 heteroatoms.